The van der Waals surface area contributed by atoms with E-state index in [1.807, 2.05) is 6.07 Å². The molecule has 0 radical (unpaired) electrons. The largest absolute Gasteiger partial charge is 0.450 e. The van der Waals surface area contributed by atoms with Crippen LogP contribution >= 0.6 is 31.9 Å². The third kappa shape index (κ3) is 3.37. The van der Waals surface area contributed by atoms with Crippen LogP contribution < -0.4 is 4.74 Å². The topological polar surface area (TPSA) is 52.4 Å². The van der Waals surface area contributed by atoms with Gasteiger partial charge in [0.05, 0.1) is 4.92 Å². The number of alkyl halides is 1. The van der Waals surface area contributed by atoms with Gasteiger partial charge in [0.25, 0.3) is 0 Å². The van der Waals surface area contributed by atoms with Crippen LogP contribution in [0.25, 0.3) is 0 Å². The van der Waals surface area contributed by atoms with E-state index in [9.17, 15) is 10.1 Å². The van der Waals surface area contributed by atoms with Gasteiger partial charge in [-0.1, -0.05) is 44.0 Å². The number of ether oxygens (including phenoxy) is 1. The van der Waals surface area contributed by atoms with Gasteiger partial charge in [0, 0.05) is 15.9 Å². The summed E-state index contributed by atoms with van der Waals surface area (Å²) in [5.74, 6) is 0.785. The molecule has 0 fully saturated rings. The van der Waals surface area contributed by atoms with E-state index in [1.54, 1.807) is 31.2 Å². The Hall–Kier alpha value is -1.40. The quantitative estimate of drug-likeness (QED) is 0.394. The highest BCUT2D eigenvalue weighted by Crippen LogP contribution is 2.34. The first-order chi connectivity index (χ1) is 9.51. The Labute approximate surface area is 133 Å². The van der Waals surface area contributed by atoms with Gasteiger partial charge in [-0.2, -0.15) is 0 Å². The molecule has 0 heterocycles. The zero-order valence-corrected chi connectivity index (χ0v) is 13.8. The third-order valence-electron chi connectivity index (χ3n) is 2.71. The van der Waals surface area contributed by atoms with E-state index in [4.69, 9.17) is 4.74 Å². The summed E-state index contributed by atoms with van der Waals surface area (Å²) in [5.41, 5.74) is 1.86. The van der Waals surface area contributed by atoms with Crippen molar-refractivity contribution in [1.29, 1.82) is 0 Å². The van der Waals surface area contributed by atoms with Gasteiger partial charge in [0.1, 0.15) is 5.75 Å². The molecule has 0 aromatic heterocycles. The van der Waals surface area contributed by atoms with Crippen molar-refractivity contribution in [2.75, 3.05) is 0 Å². The molecule has 0 saturated heterocycles. The summed E-state index contributed by atoms with van der Waals surface area (Å²) >= 11 is 6.81. The number of nitro groups is 1. The molecule has 0 spiro atoms. The van der Waals surface area contributed by atoms with Gasteiger partial charge < -0.3 is 4.74 Å². The molecular formula is C14H11Br2NO3. The molecule has 0 saturated carbocycles. The van der Waals surface area contributed by atoms with E-state index in [0.29, 0.717) is 5.75 Å². The Morgan fingerprint density at radius 2 is 2.00 bits per heavy atom. The molecule has 4 nitrogen and oxygen atoms in total. The van der Waals surface area contributed by atoms with Crippen molar-refractivity contribution in [3.8, 4) is 11.5 Å². The Balaban J connectivity index is 2.35. The van der Waals surface area contributed by atoms with E-state index in [-0.39, 0.29) is 11.4 Å². The molecule has 0 aliphatic rings. The minimum absolute atomic E-state index is 0.0364. The highest BCUT2D eigenvalue weighted by molar-refractivity contribution is 9.10. The van der Waals surface area contributed by atoms with Crippen LogP contribution in [0, 0.1) is 17.0 Å². The van der Waals surface area contributed by atoms with E-state index < -0.39 is 4.92 Å². The minimum atomic E-state index is -0.440. The van der Waals surface area contributed by atoms with Crippen molar-refractivity contribution in [2.45, 2.75) is 12.3 Å². The first-order valence-electron chi connectivity index (χ1n) is 5.78. The van der Waals surface area contributed by atoms with E-state index in [2.05, 4.69) is 31.9 Å². The molecule has 2 aromatic carbocycles. The van der Waals surface area contributed by atoms with Crippen LogP contribution in [0.4, 0.5) is 5.69 Å². The lowest BCUT2D eigenvalue weighted by Crippen LogP contribution is -1.94. The second-order valence-corrected chi connectivity index (χ2v) is 5.63. The van der Waals surface area contributed by atoms with E-state index >= 15 is 0 Å². The van der Waals surface area contributed by atoms with Gasteiger partial charge in [-0.25, -0.2) is 0 Å². The molecule has 104 valence electrons. The summed E-state index contributed by atoms with van der Waals surface area (Å²) in [5, 5.41) is 11.8. The first-order valence-corrected chi connectivity index (χ1v) is 7.70. The van der Waals surface area contributed by atoms with Gasteiger partial charge in [0.15, 0.2) is 0 Å². The molecule has 0 aliphatic heterocycles. The van der Waals surface area contributed by atoms with Gasteiger partial charge >= 0.3 is 5.69 Å². The number of benzene rings is 2. The normalized spacial score (nSPS) is 10.3. The number of nitrogens with zero attached hydrogens (tertiary/aromatic N) is 1. The smallest absolute Gasteiger partial charge is 0.311 e. The molecule has 0 bridgehead atoms. The number of hydrogen-bond acceptors (Lipinski definition) is 3. The van der Waals surface area contributed by atoms with Crippen LogP contribution in [0.15, 0.2) is 40.9 Å². The minimum Gasteiger partial charge on any atom is -0.450 e. The number of rotatable bonds is 4. The maximum Gasteiger partial charge on any atom is 0.311 e. The number of halogens is 2. The molecule has 0 atom stereocenters. The van der Waals surface area contributed by atoms with Crippen LogP contribution in [0.1, 0.15) is 11.1 Å². The van der Waals surface area contributed by atoms with E-state index in [1.165, 1.54) is 6.07 Å². The molecule has 6 heteroatoms. The Bertz CT molecular complexity index is 659. The number of nitro benzene ring substituents is 1. The Morgan fingerprint density at radius 3 is 2.60 bits per heavy atom. The van der Waals surface area contributed by atoms with Crippen LogP contribution in [-0.2, 0) is 5.33 Å². The highest BCUT2D eigenvalue weighted by atomic mass is 79.9. The van der Waals surface area contributed by atoms with Crippen LogP contribution in [0.3, 0.4) is 0 Å². The number of hydrogen-bond donors (Lipinski definition) is 0. The molecule has 0 amide bonds. The fraction of sp³-hybridized carbons (Fsp3) is 0.143. The van der Waals surface area contributed by atoms with Crippen molar-refractivity contribution in [3.63, 3.8) is 0 Å². The Morgan fingerprint density at radius 1 is 1.25 bits per heavy atom. The monoisotopic (exact) mass is 399 g/mol. The van der Waals surface area contributed by atoms with Crippen LogP contribution in [0.5, 0.6) is 11.5 Å². The molecule has 2 aromatic rings. The second kappa shape index (κ2) is 6.37. The molecule has 0 N–H and O–H groups in total. The van der Waals surface area contributed by atoms with Gasteiger partial charge in [-0.05, 0) is 36.2 Å². The predicted molar refractivity (Wildman–Crippen MR) is 84.7 cm³/mol. The summed E-state index contributed by atoms with van der Waals surface area (Å²) in [6.45, 7) is 1.80. The zero-order valence-electron chi connectivity index (χ0n) is 10.6. The van der Waals surface area contributed by atoms with Crippen LogP contribution in [-0.4, -0.2) is 4.92 Å². The standard InChI is InChI=1S/C14H11Br2NO3/c1-9-2-5-14(13(6-9)17(18)19)20-11-4-3-10(8-15)12(16)7-11/h2-7H,8H2,1H3. The van der Waals surface area contributed by atoms with E-state index in [0.717, 1.165) is 20.9 Å². The lowest BCUT2D eigenvalue weighted by atomic mass is 10.2. The summed E-state index contributed by atoms with van der Waals surface area (Å²) in [7, 11) is 0. The van der Waals surface area contributed by atoms with Crippen molar-refractivity contribution >= 4 is 37.5 Å². The van der Waals surface area contributed by atoms with Gasteiger partial charge in [0.2, 0.25) is 5.75 Å². The first kappa shape index (κ1) is 15.0. The maximum atomic E-state index is 11.0. The van der Waals surface area contributed by atoms with Crippen molar-refractivity contribution < 1.29 is 9.66 Å². The fourth-order valence-corrected chi connectivity index (χ4v) is 3.05. The third-order valence-corrected chi connectivity index (χ3v) is 4.05. The summed E-state index contributed by atoms with van der Waals surface area (Å²) in [6.07, 6.45) is 0. The van der Waals surface area contributed by atoms with Gasteiger partial charge in [-0.15, -0.1) is 0 Å². The zero-order chi connectivity index (χ0) is 14.7. The molecular weight excluding hydrogens is 390 g/mol. The molecule has 2 rings (SSSR count). The predicted octanol–water partition coefficient (Wildman–Crippen LogP) is 5.35. The Kier molecular flexibility index (Phi) is 4.77. The summed E-state index contributed by atoms with van der Waals surface area (Å²) < 4.78 is 6.51. The average molecular weight is 401 g/mol. The number of aryl methyl sites for hydroxylation is 1. The summed E-state index contributed by atoms with van der Waals surface area (Å²) in [4.78, 5) is 10.6. The molecule has 0 aliphatic carbocycles. The van der Waals surface area contributed by atoms with Crippen molar-refractivity contribution in [1.82, 2.24) is 0 Å². The molecule has 20 heavy (non-hydrogen) atoms. The fourth-order valence-electron chi connectivity index (χ4n) is 1.68. The lowest BCUT2D eigenvalue weighted by Gasteiger charge is -2.08. The SMILES string of the molecule is Cc1ccc(Oc2ccc(CBr)c(Br)c2)c([N+](=O)[O-])c1. The maximum absolute atomic E-state index is 11.0. The van der Waals surface area contributed by atoms with Crippen LogP contribution in [0.2, 0.25) is 0 Å². The lowest BCUT2D eigenvalue weighted by molar-refractivity contribution is -0.385. The van der Waals surface area contributed by atoms with Crippen molar-refractivity contribution in [3.05, 3.63) is 62.1 Å². The molecule has 0 unspecified atom stereocenters. The average Bonchev–Trinajstić information content (AvgIpc) is 2.41. The summed E-state index contributed by atoms with van der Waals surface area (Å²) in [6, 6.07) is 10.4. The second-order valence-electron chi connectivity index (χ2n) is 4.22. The van der Waals surface area contributed by atoms with Crippen molar-refractivity contribution in [2.24, 2.45) is 0 Å². The highest BCUT2D eigenvalue weighted by Gasteiger charge is 2.16. The van der Waals surface area contributed by atoms with Gasteiger partial charge in [-0.3, -0.25) is 10.1 Å².